The van der Waals surface area contributed by atoms with E-state index in [9.17, 15) is 28.4 Å². The Balaban J connectivity index is 1.68. The summed E-state index contributed by atoms with van der Waals surface area (Å²) < 4.78 is 45.4. The minimum Gasteiger partial charge on any atom is -0.354 e. The average molecular weight is 538 g/mol. The molecule has 1 spiro atoms. The standard InChI is InChI=1S/C28H26F3N5O3/c1-14(2)8-22(36-21(25(37)33-3)9-16-18(29)10-19(30)23(31)24(16)36)26(38)35-13-28(11-15(35)12-32)17-6-4-5-7-20(17)34-27(28)39/h4-7,9-10,14-15,22H,8,11,13H2,1-3H3,(H,33,37)(H,34,39)/t15-,22-,28-/m0/s1. The molecule has 3 amide bonds. The summed E-state index contributed by atoms with van der Waals surface area (Å²) in [5, 5.41) is 14.9. The minimum atomic E-state index is -1.46. The summed E-state index contributed by atoms with van der Waals surface area (Å²) in [5.41, 5.74) is -0.698. The topological polar surface area (TPSA) is 107 Å². The number of carbonyl (C=O) groups excluding carboxylic acids is 3. The van der Waals surface area contributed by atoms with Crippen LogP contribution in [-0.2, 0) is 15.0 Å². The van der Waals surface area contributed by atoms with Gasteiger partial charge in [0.25, 0.3) is 5.91 Å². The van der Waals surface area contributed by atoms with Gasteiger partial charge in [0.05, 0.1) is 17.0 Å². The molecule has 3 atom stereocenters. The van der Waals surface area contributed by atoms with Gasteiger partial charge in [-0.3, -0.25) is 14.4 Å². The quantitative estimate of drug-likeness (QED) is 0.480. The van der Waals surface area contributed by atoms with Crippen LogP contribution in [0.25, 0.3) is 10.9 Å². The van der Waals surface area contributed by atoms with E-state index in [0.717, 1.165) is 10.6 Å². The maximum atomic E-state index is 15.2. The molecule has 0 saturated carbocycles. The Morgan fingerprint density at radius 2 is 1.92 bits per heavy atom. The summed E-state index contributed by atoms with van der Waals surface area (Å²) in [6, 6.07) is 8.32. The second-order valence-corrected chi connectivity index (χ2v) is 10.4. The molecular weight excluding hydrogens is 511 g/mol. The Labute approximate surface area is 222 Å². The maximum absolute atomic E-state index is 15.2. The van der Waals surface area contributed by atoms with Crippen molar-refractivity contribution in [3.63, 3.8) is 0 Å². The fourth-order valence-electron chi connectivity index (χ4n) is 5.86. The molecule has 39 heavy (non-hydrogen) atoms. The third kappa shape index (κ3) is 3.93. The maximum Gasteiger partial charge on any atom is 0.267 e. The number of aromatic nitrogens is 1. The molecule has 2 N–H and O–H groups in total. The van der Waals surface area contributed by atoms with Gasteiger partial charge >= 0.3 is 0 Å². The van der Waals surface area contributed by atoms with Crippen LogP contribution in [0.4, 0.5) is 18.9 Å². The molecule has 5 rings (SSSR count). The highest BCUT2D eigenvalue weighted by atomic mass is 19.2. The fraction of sp³-hybridized carbons (Fsp3) is 0.357. The monoisotopic (exact) mass is 537 g/mol. The number of nitrogens with one attached hydrogen (secondary N) is 2. The number of benzene rings is 2. The smallest absolute Gasteiger partial charge is 0.267 e. The number of amides is 3. The zero-order valence-electron chi connectivity index (χ0n) is 21.5. The van der Waals surface area contributed by atoms with Gasteiger partial charge in [0.1, 0.15) is 23.6 Å². The largest absolute Gasteiger partial charge is 0.354 e. The first-order valence-corrected chi connectivity index (χ1v) is 12.6. The fourth-order valence-corrected chi connectivity index (χ4v) is 5.86. The molecular formula is C28H26F3N5O3. The van der Waals surface area contributed by atoms with E-state index in [4.69, 9.17) is 0 Å². The lowest BCUT2D eigenvalue weighted by atomic mass is 9.80. The van der Waals surface area contributed by atoms with Gasteiger partial charge in [0.2, 0.25) is 11.8 Å². The Kier molecular flexibility index (Phi) is 6.37. The van der Waals surface area contributed by atoms with E-state index in [-0.39, 0.29) is 42.3 Å². The van der Waals surface area contributed by atoms with Gasteiger partial charge in [-0.25, -0.2) is 13.2 Å². The van der Waals surface area contributed by atoms with Gasteiger partial charge in [-0.05, 0) is 30.0 Å². The lowest BCUT2D eigenvalue weighted by Crippen LogP contribution is -2.44. The molecule has 1 fully saturated rings. The highest BCUT2D eigenvalue weighted by Gasteiger charge is 2.56. The van der Waals surface area contributed by atoms with Gasteiger partial charge in [0, 0.05) is 37.2 Å². The number of halogens is 3. The van der Waals surface area contributed by atoms with E-state index in [1.54, 1.807) is 38.1 Å². The molecule has 2 aliphatic rings. The zero-order chi connectivity index (χ0) is 28.2. The Morgan fingerprint density at radius 3 is 2.59 bits per heavy atom. The van der Waals surface area contributed by atoms with Crippen LogP contribution in [0.3, 0.4) is 0 Å². The molecule has 8 nitrogen and oxygen atoms in total. The first-order chi connectivity index (χ1) is 18.5. The number of rotatable bonds is 5. The van der Waals surface area contributed by atoms with E-state index in [1.165, 1.54) is 11.9 Å². The van der Waals surface area contributed by atoms with Crippen molar-refractivity contribution < 1.29 is 27.6 Å². The van der Waals surface area contributed by atoms with Crippen LogP contribution in [-0.4, -0.2) is 46.8 Å². The van der Waals surface area contributed by atoms with Crippen LogP contribution in [0.1, 0.15) is 48.8 Å². The van der Waals surface area contributed by atoms with Crippen LogP contribution >= 0.6 is 0 Å². The predicted octanol–water partition coefficient (Wildman–Crippen LogP) is 4.02. The number of likely N-dealkylation sites (tertiary alicyclic amines) is 1. The number of hydrogen-bond donors (Lipinski definition) is 2. The number of fused-ring (bicyclic) bond motifs is 3. The molecule has 0 unspecified atom stereocenters. The van der Waals surface area contributed by atoms with E-state index in [2.05, 4.69) is 16.7 Å². The van der Waals surface area contributed by atoms with E-state index < -0.39 is 52.3 Å². The molecule has 3 aromatic rings. The van der Waals surface area contributed by atoms with E-state index in [1.807, 2.05) is 0 Å². The summed E-state index contributed by atoms with van der Waals surface area (Å²) in [4.78, 5) is 41.6. The second kappa shape index (κ2) is 9.45. The highest BCUT2D eigenvalue weighted by Crippen LogP contribution is 2.47. The zero-order valence-corrected chi connectivity index (χ0v) is 21.5. The van der Waals surface area contributed by atoms with Crippen molar-refractivity contribution in [2.24, 2.45) is 5.92 Å². The number of nitrogens with zero attached hydrogens (tertiary/aromatic N) is 3. The summed E-state index contributed by atoms with van der Waals surface area (Å²) in [6.07, 6.45) is 0.105. The van der Waals surface area contributed by atoms with Gasteiger partial charge < -0.3 is 20.1 Å². The van der Waals surface area contributed by atoms with Crippen molar-refractivity contribution in [3.8, 4) is 6.07 Å². The van der Waals surface area contributed by atoms with Crippen LogP contribution in [0.5, 0.6) is 0 Å². The van der Waals surface area contributed by atoms with Crippen molar-refractivity contribution in [1.29, 1.82) is 5.26 Å². The van der Waals surface area contributed by atoms with Gasteiger partial charge in [-0.1, -0.05) is 32.0 Å². The summed E-state index contributed by atoms with van der Waals surface area (Å²) in [5.74, 6) is -5.86. The Morgan fingerprint density at radius 1 is 1.21 bits per heavy atom. The SMILES string of the molecule is CNC(=O)c1cc2c(F)cc(F)c(F)c2n1[C@@H](CC(C)C)C(=O)N1C[C@]2(C[C@H]1C#N)C(=O)Nc1ccccc12. The Bertz CT molecular complexity index is 1580. The number of nitriles is 1. The summed E-state index contributed by atoms with van der Waals surface area (Å²) >= 11 is 0. The first-order valence-electron chi connectivity index (χ1n) is 12.6. The van der Waals surface area contributed by atoms with Crippen LogP contribution in [0, 0.1) is 34.7 Å². The van der Waals surface area contributed by atoms with E-state index in [0.29, 0.717) is 17.3 Å². The van der Waals surface area contributed by atoms with Gasteiger partial charge in [0.15, 0.2) is 11.6 Å². The van der Waals surface area contributed by atoms with Crippen LogP contribution in [0.15, 0.2) is 36.4 Å². The van der Waals surface area contributed by atoms with Crippen LogP contribution in [0.2, 0.25) is 0 Å². The van der Waals surface area contributed by atoms with Crippen molar-refractivity contribution in [1.82, 2.24) is 14.8 Å². The number of carbonyl (C=O) groups is 3. The van der Waals surface area contributed by atoms with Gasteiger partial charge in [-0.2, -0.15) is 5.26 Å². The normalized spacial score (nSPS) is 20.8. The van der Waals surface area contributed by atoms with Crippen molar-refractivity contribution >= 4 is 34.3 Å². The van der Waals surface area contributed by atoms with E-state index >= 15 is 4.39 Å². The Hall–Kier alpha value is -4.33. The lowest BCUT2D eigenvalue weighted by Gasteiger charge is -2.30. The highest BCUT2D eigenvalue weighted by molar-refractivity contribution is 6.07. The third-order valence-electron chi connectivity index (χ3n) is 7.63. The number of para-hydroxylation sites is 1. The molecule has 2 aliphatic heterocycles. The molecule has 0 bridgehead atoms. The van der Waals surface area contributed by atoms with Gasteiger partial charge in [-0.15, -0.1) is 0 Å². The molecule has 0 radical (unpaired) electrons. The molecule has 1 saturated heterocycles. The second-order valence-electron chi connectivity index (χ2n) is 10.4. The lowest BCUT2D eigenvalue weighted by molar-refractivity contribution is -0.135. The molecule has 2 aromatic carbocycles. The number of hydrogen-bond acceptors (Lipinski definition) is 4. The molecule has 3 heterocycles. The summed E-state index contributed by atoms with van der Waals surface area (Å²) in [7, 11) is 1.32. The molecule has 0 aliphatic carbocycles. The van der Waals surface area contributed by atoms with Crippen LogP contribution < -0.4 is 10.6 Å². The van der Waals surface area contributed by atoms with Crippen molar-refractivity contribution in [2.75, 3.05) is 18.9 Å². The molecule has 1 aromatic heterocycles. The van der Waals surface area contributed by atoms with Crippen molar-refractivity contribution in [2.45, 2.75) is 44.2 Å². The third-order valence-corrected chi connectivity index (χ3v) is 7.63. The average Bonchev–Trinajstić information content (AvgIpc) is 3.58. The van der Waals surface area contributed by atoms with Crippen molar-refractivity contribution in [3.05, 3.63) is 65.1 Å². The predicted molar refractivity (Wildman–Crippen MR) is 136 cm³/mol. The molecule has 11 heteroatoms. The summed E-state index contributed by atoms with van der Waals surface area (Å²) in [6.45, 7) is 3.48. The minimum absolute atomic E-state index is 0.0405. The molecule has 202 valence electrons. The number of anilines is 1. The first kappa shape index (κ1) is 26.3.